The minimum atomic E-state index is -0.608. The van der Waals surface area contributed by atoms with Crippen molar-refractivity contribution in [3.63, 3.8) is 0 Å². The number of aliphatic carboxylic acids is 1. The largest absolute Gasteiger partial charge is 0.481 e. The molecule has 0 atom stereocenters. The predicted octanol–water partition coefficient (Wildman–Crippen LogP) is 1.79. The highest BCUT2D eigenvalue weighted by molar-refractivity contribution is 5.77. The molecule has 3 heteroatoms. The highest BCUT2D eigenvalue weighted by Crippen LogP contribution is 2.52. The van der Waals surface area contributed by atoms with Gasteiger partial charge in [0.2, 0.25) is 0 Å². The first-order valence-electron chi connectivity index (χ1n) is 5.54. The van der Waals surface area contributed by atoms with Crippen LogP contribution in [0, 0.1) is 11.3 Å². The van der Waals surface area contributed by atoms with Crippen molar-refractivity contribution in [2.75, 3.05) is 0 Å². The highest BCUT2D eigenvalue weighted by atomic mass is 16.4. The molecule has 0 aromatic heterocycles. The number of carboxylic acid groups (broad SMARTS) is 1. The van der Waals surface area contributed by atoms with Crippen LogP contribution in [0.1, 0.15) is 44.9 Å². The molecule has 0 aliphatic heterocycles. The molecule has 0 bridgehead atoms. The second kappa shape index (κ2) is 3.54. The Morgan fingerprint density at radius 2 is 1.79 bits per heavy atom. The van der Waals surface area contributed by atoms with Gasteiger partial charge in [-0.25, -0.2) is 0 Å². The van der Waals surface area contributed by atoms with Crippen molar-refractivity contribution >= 4 is 5.97 Å². The molecule has 0 unspecified atom stereocenters. The second-order valence-corrected chi connectivity index (χ2v) is 4.96. The SMILES string of the molecule is O=C(O)C1(CC2CCC(O)CC2)CC1. The molecule has 0 saturated heterocycles. The number of carboxylic acids is 1. The van der Waals surface area contributed by atoms with Crippen LogP contribution in [0.4, 0.5) is 0 Å². The van der Waals surface area contributed by atoms with Gasteiger partial charge in [0.1, 0.15) is 0 Å². The molecule has 0 aromatic carbocycles. The standard InChI is InChI=1S/C11H18O3/c12-9-3-1-8(2-4-9)7-11(5-6-11)10(13)14/h8-9,12H,1-7H2,(H,13,14). The quantitative estimate of drug-likeness (QED) is 0.727. The van der Waals surface area contributed by atoms with E-state index in [1.54, 1.807) is 0 Å². The lowest BCUT2D eigenvalue weighted by Crippen LogP contribution is -2.24. The van der Waals surface area contributed by atoms with Gasteiger partial charge in [-0.05, 0) is 50.9 Å². The third kappa shape index (κ3) is 1.92. The van der Waals surface area contributed by atoms with E-state index >= 15 is 0 Å². The number of carbonyl (C=O) groups is 1. The Morgan fingerprint density at radius 1 is 1.21 bits per heavy atom. The van der Waals surface area contributed by atoms with E-state index in [0.717, 1.165) is 44.9 Å². The summed E-state index contributed by atoms with van der Waals surface area (Å²) < 4.78 is 0. The summed E-state index contributed by atoms with van der Waals surface area (Å²) in [5, 5.41) is 18.4. The molecule has 0 amide bonds. The summed E-state index contributed by atoms with van der Waals surface area (Å²) in [6.45, 7) is 0. The molecule has 2 N–H and O–H groups in total. The summed E-state index contributed by atoms with van der Waals surface area (Å²) in [7, 11) is 0. The molecular weight excluding hydrogens is 180 g/mol. The predicted molar refractivity (Wildman–Crippen MR) is 51.9 cm³/mol. The summed E-state index contributed by atoms with van der Waals surface area (Å²) >= 11 is 0. The van der Waals surface area contributed by atoms with Crippen LogP contribution in [0.3, 0.4) is 0 Å². The summed E-state index contributed by atoms with van der Waals surface area (Å²) in [5.41, 5.74) is -0.368. The summed E-state index contributed by atoms with van der Waals surface area (Å²) in [6, 6.07) is 0. The van der Waals surface area contributed by atoms with Crippen LogP contribution in [-0.4, -0.2) is 22.3 Å². The average Bonchev–Trinajstić information content (AvgIpc) is 2.90. The molecule has 14 heavy (non-hydrogen) atoms. The smallest absolute Gasteiger partial charge is 0.309 e. The van der Waals surface area contributed by atoms with Crippen LogP contribution < -0.4 is 0 Å². The van der Waals surface area contributed by atoms with Crippen LogP contribution >= 0.6 is 0 Å². The minimum Gasteiger partial charge on any atom is -0.481 e. The Kier molecular flexibility index (Phi) is 2.52. The number of aliphatic hydroxyl groups excluding tert-OH is 1. The lowest BCUT2D eigenvalue weighted by molar-refractivity contribution is -0.144. The van der Waals surface area contributed by atoms with Gasteiger partial charge in [-0.3, -0.25) is 4.79 Å². The van der Waals surface area contributed by atoms with Gasteiger partial charge in [0, 0.05) is 0 Å². The van der Waals surface area contributed by atoms with E-state index in [1.165, 1.54) is 0 Å². The van der Waals surface area contributed by atoms with Crippen molar-refractivity contribution in [2.45, 2.75) is 51.0 Å². The Bertz CT molecular complexity index is 225. The third-order valence-electron chi connectivity index (χ3n) is 3.80. The van der Waals surface area contributed by atoms with E-state index in [0.29, 0.717) is 5.92 Å². The summed E-state index contributed by atoms with van der Waals surface area (Å²) in [5.74, 6) is -0.0689. The van der Waals surface area contributed by atoms with Gasteiger partial charge in [0.15, 0.2) is 0 Å². The first-order valence-corrected chi connectivity index (χ1v) is 5.54. The maximum absolute atomic E-state index is 11.0. The third-order valence-corrected chi connectivity index (χ3v) is 3.80. The molecule has 2 rings (SSSR count). The Hall–Kier alpha value is -0.570. The highest BCUT2D eigenvalue weighted by Gasteiger charge is 2.51. The zero-order valence-electron chi connectivity index (χ0n) is 8.41. The van der Waals surface area contributed by atoms with Crippen molar-refractivity contribution in [1.82, 2.24) is 0 Å². The summed E-state index contributed by atoms with van der Waals surface area (Å²) in [4.78, 5) is 11.0. The van der Waals surface area contributed by atoms with Crippen LogP contribution in [-0.2, 0) is 4.79 Å². The van der Waals surface area contributed by atoms with E-state index in [9.17, 15) is 9.90 Å². The van der Waals surface area contributed by atoms with Crippen molar-refractivity contribution in [3.05, 3.63) is 0 Å². The van der Waals surface area contributed by atoms with Crippen molar-refractivity contribution in [2.24, 2.45) is 11.3 Å². The van der Waals surface area contributed by atoms with Crippen molar-refractivity contribution in [3.8, 4) is 0 Å². The van der Waals surface area contributed by atoms with E-state index < -0.39 is 5.97 Å². The van der Waals surface area contributed by atoms with Gasteiger partial charge in [-0.15, -0.1) is 0 Å². The molecule has 0 spiro atoms. The number of aliphatic hydroxyl groups is 1. The second-order valence-electron chi connectivity index (χ2n) is 4.96. The topological polar surface area (TPSA) is 57.5 Å². The zero-order chi connectivity index (χ0) is 10.2. The van der Waals surface area contributed by atoms with E-state index in [-0.39, 0.29) is 11.5 Å². The molecule has 2 fully saturated rings. The van der Waals surface area contributed by atoms with Crippen molar-refractivity contribution in [1.29, 1.82) is 0 Å². The number of rotatable bonds is 3. The molecule has 0 heterocycles. The monoisotopic (exact) mass is 198 g/mol. The Balaban J connectivity index is 1.83. The van der Waals surface area contributed by atoms with Gasteiger partial charge in [-0.1, -0.05) is 0 Å². The fourth-order valence-electron chi connectivity index (χ4n) is 2.56. The molecular formula is C11H18O3. The summed E-state index contributed by atoms with van der Waals surface area (Å²) in [6.07, 6.45) is 6.18. The zero-order valence-corrected chi connectivity index (χ0v) is 8.41. The molecule has 0 radical (unpaired) electrons. The average molecular weight is 198 g/mol. The fourth-order valence-corrected chi connectivity index (χ4v) is 2.56. The molecule has 80 valence electrons. The van der Waals surface area contributed by atoms with E-state index in [2.05, 4.69) is 0 Å². The molecule has 2 aliphatic carbocycles. The molecule has 2 aliphatic rings. The first kappa shape index (κ1) is 9.97. The van der Waals surface area contributed by atoms with Gasteiger partial charge < -0.3 is 10.2 Å². The van der Waals surface area contributed by atoms with Gasteiger partial charge >= 0.3 is 5.97 Å². The lowest BCUT2D eigenvalue weighted by Gasteiger charge is -2.27. The number of hydrogen-bond donors (Lipinski definition) is 2. The lowest BCUT2D eigenvalue weighted by atomic mass is 9.80. The van der Waals surface area contributed by atoms with Gasteiger partial charge in [0.25, 0.3) is 0 Å². The van der Waals surface area contributed by atoms with Crippen LogP contribution in [0.2, 0.25) is 0 Å². The first-order chi connectivity index (χ1) is 6.62. The Labute approximate surface area is 84.1 Å². The van der Waals surface area contributed by atoms with Crippen LogP contribution in [0.15, 0.2) is 0 Å². The minimum absolute atomic E-state index is 0.133. The van der Waals surface area contributed by atoms with Gasteiger partial charge in [-0.2, -0.15) is 0 Å². The van der Waals surface area contributed by atoms with Gasteiger partial charge in [0.05, 0.1) is 11.5 Å². The molecule has 2 saturated carbocycles. The van der Waals surface area contributed by atoms with Crippen molar-refractivity contribution < 1.29 is 15.0 Å². The van der Waals surface area contributed by atoms with E-state index in [4.69, 9.17) is 5.11 Å². The normalized spacial score (nSPS) is 35.2. The number of hydrogen-bond acceptors (Lipinski definition) is 2. The van der Waals surface area contributed by atoms with Crippen LogP contribution in [0.5, 0.6) is 0 Å². The van der Waals surface area contributed by atoms with E-state index in [1.807, 2.05) is 0 Å². The fraction of sp³-hybridized carbons (Fsp3) is 0.909. The molecule has 3 nitrogen and oxygen atoms in total. The molecule has 0 aromatic rings. The Morgan fingerprint density at radius 3 is 2.21 bits per heavy atom. The maximum Gasteiger partial charge on any atom is 0.309 e. The van der Waals surface area contributed by atoms with Crippen LogP contribution in [0.25, 0.3) is 0 Å². The maximum atomic E-state index is 11.0.